The van der Waals surface area contributed by atoms with Crippen molar-refractivity contribution in [2.24, 2.45) is 0 Å². The Kier molecular flexibility index (Phi) is 5.41. The van der Waals surface area contributed by atoms with Gasteiger partial charge in [0, 0.05) is 11.3 Å². The molecule has 142 valence electrons. The molecule has 2 aromatic carbocycles. The van der Waals surface area contributed by atoms with Crippen molar-refractivity contribution in [2.45, 2.75) is 13.0 Å². The number of hydrogen-bond donors (Lipinski definition) is 4. The Morgan fingerprint density at radius 3 is 2.70 bits per heavy atom. The van der Waals surface area contributed by atoms with E-state index < -0.39 is 23.8 Å². The zero-order chi connectivity index (χ0) is 19.4. The molecule has 2 aromatic rings. The second-order valence-corrected chi connectivity index (χ2v) is 5.90. The van der Waals surface area contributed by atoms with E-state index in [1.807, 2.05) is 0 Å². The minimum atomic E-state index is -0.672. The Bertz CT molecular complexity index is 874. The number of aliphatic hydroxyl groups is 1. The van der Waals surface area contributed by atoms with Crippen molar-refractivity contribution in [3.63, 3.8) is 0 Å². The molecule has 0 saturated carbocycles. The second-order valence-electron chi connectivity index (χ2n) is 5.90. The van der Waals surface area contributed by atoms with Crippen molar-refractivity contribution in [1.29, 1.82) is 0 Å². The molecule has 4 N–H and O–H groups in total. The maximum Gasteiger partial charge on any atom is 0.319 e. The largest absolute Gasteiger partial charge is 0.454 e. The van der Waals surface area contributed by atoms with Crippen LogP contribution in [0.25, 0.3) is 0 Å². The molecule has 1 atom stereocenters. The highest BCUT2D eigenvalue weighted by Gasteiger charge is 2.17. The first-order valence-corrected chi connectivity index (χ1v) is 8.15. The van der Waals surface area contributed by atoms with Crippen molar-refractivity contribution in [3.8, 4) is 11.5 Å². The van der Waals surface area contributed by atoms with E-state index in [0.29, 0.717) is 22.7 Å². The van der Waals surface area contributed by atoms with Gasteiger partial charge < -0.3 is 30.5 Å². The summed E-state index contributed by atoms with van der Waals surface area (Å²) in [5.74, 6) is -0.0613. The molecule has 0 spiro atoms. The summed E-state index contributed by atoms with van der Waals surface area (Å²) in [6, 6.07) is 7.39. The van der Waals surface area contributed by atoms with Crippen LogP contribution in [0.5, 0.6) is 11.5 Å². The number of halogens is 1. The Morgan fingerprint density at radius 2 is 1.93 bits per heavy atom. The maximum absolute atomic E-state index is 13.9. The summed E-state index contributed by atoms with van der Waals surface area (Å²) >= 11 is 0. The average molecular weight is 375 g/mol. The van der Waals surface area contributed by atoms with Crippen molar-refractivity contribution in [2.75, 3.05) is 24.0 Å². The van der Waals surface area contributed by atoms with Gasteiger partial charge in [-0.1, -0.05) is 0 Å². The van der Waals surface area contributed by atoms with Crippen LogP contribution in [-0.2, 0) is 0 Å². The standard InChI is InChI=1S/C18H18FN3O5/c1-10(8-23)20-18(25)22-14-7-12(3-4-13(14)19)21-17(24)11-2-5-15-16(6-11)27-9-26-15/h2-7,10,23H,8-9H2,1H3,(H,21,24)(H2,20,22,25). The number of fused-ring (bicyclic) bond motifs is 1. The number of amides is 3. The summed E-state index contributed by atoms with van der Waals surface area (Å²) in [6.07, 6.45) is 0. The number of aliphatic hydroxyl groups excluding tert-OH is 1. The van der Waals surface area contributed by atoms with Crippen LogP contribution in [0.4, 0.5) is 20.6 Å². The smallest absolute Gasteiger partial charge is 0.319 e. The Morgan fingerprint density at radius 1 is 1.15 bits per heavy atom. The highest BCUT2D eigenvalue weighted by molar-refractivity contribution is 6.05. The monoisotopic (exact) mass is 375 g/mol. The number of carbonyl (C=O) groups is 2. The van der Waals surface area contributed by atoms with Crippen LogP contribution in [0.15, 0.2) is 36.4 Å². The summed E-state index contributed by atoms with van der Waals surface area (Å²) in [5.41, 5.74) is 0.526. The third kappa shape index (κ3) is 4.45. The van der Waals surface area contributed by atoms with Crippen LogP contribution in [0.3, 0.4) is 0 Å². The van der Waals surface area contributed by atoms with Gasteiger partial charge in [0.25, 0.3) is 5.91 Å². The first-order valence-electron chi connectivity index (χ1n) is 8.15. The van der Waals surface area contributed by atoms with Gasteiger partial charge in [-0.05, 0) is 43.3 Å². The number of rotatable bonds is 5. The molecule has 0 radical (unpaired) electrons. The number of nitrogens with one attached hydrogen (secondary N) is 3. The fourth-order valence-electron chi connectivity index (χ4n) is 2.37. The first-order chi connectivity index (χ1) is 13.0. The first kappa shape index (κ1) is 18.5. The van der Waals surface area contributed by atoms with Crippen LogP contribution < -0.4 is 25.4 Å². The fourth-order valence-corrected chi connectivity index (χ4v) is 2.37. The van der Waals surface area contributed by atoms with Crippen molar-refractivity contribution in [3.05, 3.63) is 47.8 Å². The minimum Gasteiger partial charge on any atom is -0.454 e. The minimum absolute atomic E-state index is 0.102. The molecule has 0 aliphatic carbocycles. The lowest BCUT2D eigenvalue weighted by atomic mass is 10.2. The summed E-state index contributed by atoms with van der Waals surface area (Å²) in [7, 11) is 0. The number of benzene rings is 2. The number of hydrogen-bond acceptors (Lipinski definition) is 5. The molecule has 0 saturated heterocycles. The van der Waals surface area contributed by atoms with E-state index in [-0.39, 0.29) is 19.1 Å². The number of anilines is 2. The number of carbonyl (C=O) groups excluding carboxylic acids is 2. The van der Waals surface area contributed by atoms with Crippen LogP contribution in [0.1, 0.15) is 17.3 Å². The van der Waals surface area contributed by atoms with Gasteiger partial charge in [0.1, 0.15) is 5.82 Å². The van der Waals surface area contributed by atoms with Crippen LogP contribution in [0.2, 0.25) is 0 Å². The molecule has 3 rings (SSSR count). The maximum atomic E-state index is 13.9. The molecule has 1 heterocycles. The summed E-state index contributed by atoms with van der Waals surface area (Å²) in [6.45, 7) is 1.45. The van der Waals surface area contributed by atoms with Crippen molar-refractivity contribution < 1.29 is 28.6 Å². The van der Waals surface area contributed by atoms with Crippen LogP contribution >= 0.6 is 0 Å². The Labute approximate surface area is 154 Å². The molecule has 8 nitrogen and oxygen atoms in total. The third-order valence-corrected chi connectivity index (χ3v) is 3.76. The van der Waals surface area contributed by atoms with E-state index in [4.69, 9.17) is 14.6 Å². The van der Waals surface area contributed by atoms with Gasteiger partial charge in [-0.25, -0.2) is 9.18 Å². The number of ether oxygens (including phenoxy) is 2. The quantitative estimate of drug-likeness (QED) is 0.641. The molecule has 1 aliphatic rings. The molecule has 3 amide bonds. The highest BCUT2D eigenvalue weighted by atomic mass is 19.1. The lowest BCUT2D eigenvalue weighted by molar-refractivity contribution is 0.102. The van der Waals surface area contributed by atoms with E-state index in [1.54, 1.807) is 25.1 Å². The predicted molar refractivity (Wildman–Crippen MR) is 95.6 cm³/mol. The van der Waals surface area contributed by atoms with Crippen LogP contribution in [0, 0.1) is 5.82 Å². The zero-order valence-corrected chi connectivity index (χ0v) is 14.4. The molecule has 27 heavy (non-hydrogen) atoms. The molecule has 1 aliphatic heterocycles. The van der Waals surface area contributed by atoms with Gasteiger partial charge in [-0.3, -0.25) is 4.79 Å². The van der Waals surface area contributed by atoms with E-state index in [0.717, 1.165) is 6.07 Å². The normalized spacial score (nSPS) is 13.0. The number of urea groups is 1. The predicted octanol–water partition coefficient (Wildman–Crippen LogP) is 2.31. The topological polar surface area (TPSA) is 109 Å². The van der Waals surface area contributed by atoms with Crippen molar-refractivity contribution >= 4 is 23.3 Å². The molecule has 0 aromatic heterocycles. The summed E-state index contributed by atoms with van der Waals surface area (Å²) in [4.78, 5) is 24.2. The van der Waals surface area contributed by atoms with Crippen LogP contribution in [-0.4, -0.2) is 36.5 Å². The van der Waals surface area contributed by atoms with E-state index >= 15 is 0 Å². The van der Waals surface area contributed by atoms with Gasteiger partial charge in [-0.2, -0.15) is 0 Å². The molecular formula is C18H18FN3O5. The SMILES string of the molecule is CC(CO)NC(=O)Nc1cc(NC(=O)c2ccc3c(c2)OCO3)ccc1F. The molecule has 0 bridgehead atoms. The Hall–Kier alpha value is -3.33. The van der Waals surface area contributed by atoms with E-state index in [2.05, 4.69) is 16.0 Å². The lowest BCUT2D eigenvalue weighted by Gasteiger charge is -2.13. The Balaban J connectivity index is 1.70. The molecule has 1 unspecified atom stereocenters. The summed E-state index contributed by atoms with van der Waals surface area (Å²) < 4.78 is 24.4. The zero-order valence-electron chi connectivity index (χ0n) is 14.4. The molecule has 0 fully saturated rings. The summed E-state index contributed by atoms with van der Waals surface area (Å²) in [5, 5.41) is 16.3. The highest BCUT2D eigenvalue weighted by Crippen LogP contribution is 2.32. The van der Waals surface area contributed by atoms with Gasteiger partial charge in [0.2, 0.25) is 6.79 Å². The van der Waals surface area contributed by atoms with Gasteiger partial charge in [0.05, 0.1) is 18.3 Å². The van der Waals surface area contributed by atoms with E-state index in [9.17, 15) is 14.0 Å². The lowest BCUT2D eigenvalue weighted by Crippen LogP contribution is -2.38. The van der Waals surface area contributed by atoms with E-state index in [1.165, 1.54) is 12.1 Å². The average Bonchev–Trinajstić information content (AvgIpc) is 3.12. The van der Waals surface area contributed by atoms with Gasteiger partial charge in [-0.15, -0.1) is 0 Å². The molecular weight excluding hydrogens is 357 g/mol. The van der Waals surface area contributed by atoms with Gasteiger partial charge >= 0.3 is 6.03 Å². The fraction of sp³-hybridized carbons (Fsp3) is 0.222. The van der Waals surface area contributed by atoms with Gasteiger partial charge in [0.15, 0.2) is 11.5 Å². The van der Waals surface area contributed by atoms with Crippen molar-refractivity contribution in [1.82, 2.24) is 5.32 Å². The molecule has 9 heteroatoms. The second kappa shape index (κ2) is 7.92. The third-order valence-electron chi connectivity index (χ3n) is 3.76.